The van der Waals surface area contributed by atoms with Crippen molar-refractivity contribution in [2.75, 3.05) is 0 Å². The lowest BCUT2D eigenvalue weighted by molar-refractivity contribution is 0.294. The van der Waals surface area contributed by atoms with E-state index in [9.17, 15) is 0 Å². The molecule has 0 spiro atoms. The Morgan fingerprint density at radius 3 is 2.74 bits per heavy atom. The van der Waals surface area contributed by atoms with Crippen molar-refractivity contribution in [3.8, 4) is 11.8 Å². The summed E-state index contributed by atoms with van der Waals surface area (Å²) in [4.78, 5) is 0. The van der Waals surface area contributed by atoms with Crippen LogP contribution in [0.2, 0.25) is 10.0 Å². The lowest BCUT2D eigenvalue weighted by Gasteiger charge is -2.08. The molecule has 0 N–H and O–H groups in total. The number of halogens is 2. The molecular weight excluding hydrogens is 285 g/mol. The summed E-state index contributed by atoms with van der Waals surface area (Å²) >= 11 is 12.0. The van der Waals surface area contributed by atoms with Gasteiger partial charge in [-0.25, -0.2) is 0 Å². The molecule has 0 saturated heterocycles. The quantitative estimate of drug-likeness (QED) is 0.871. The molecule has 19 heavy (non-hydrogen) atoms. The average Bonchev–Trinajstić information content (AvgIpc) is 2.61. The fourth-order valence-corrected chi connectivity index (χ4v) is 2.07. The van der Waals surface area contributed by atoms with Gasteiger partial charge in [0.25, 0.3) is 0 Å². The van der Waals surface area contributed by atoms with Crippen LogP contribution in [0.15, 0.2) is 18.2 Å². The summed E-state index contributed by atoms with van der Waals surface area (Å²) in [6.07, 6.45) is 0. The molecule has 1 aromatic carbocycles. The van der Waals surface area contributed by atoms with Crippen LogP contribution in [0, 0.1) is 18.3 Å². The highest BCUT2D eigenvalue weighted by Crippen LogP contribution is 2.25. The first-order valence-electron chi connectivity index (χ1n) is 5.53. The fraction of sp³-hybridized carbons (Fsp3) is 0.231. The minimum atomic E-state index is 0.227. The second kappa shape index (κ2) is 5.52. The second-order valence-electron chi connectivity index (χ2n) is 4.01. The molecule has 6 heteroatoms. The van der Waals surface area contributed by atoms with Crippen molar-refractivity contribution in [3.63, 3.8) is 0 Å². The zero-order valence-electron chi connectivity index (χ0n) is 10.4. The highest BCUT2D eigenvalue weighted by Gasteiger charge is 2.13. The Kier molecular flexibility index (Phi) is 3.98. The van der Waals surface area contributed by atoms with Gasteiger partial charge in [-0.3, -0.25) is 4.68 Å². The molecule has 0 aliphatic rings. The lowest BCUT2D eigenvalue weighted by Crippen LogP contribution is -2.04. The smallest absolute Gasteiger partial charge is 0.139 e. The highest BCUT2D eigenvalue weighted by atomic mass is 35.5. The van der Waals surface area contributed by atoms with Gasteiger partial charge in [0.2, 0.25) is 0 Å². The minimum absolute atomic E-state index is 0.227. The molecule has 2 rings (SSSR count). The number of nitrogens with zero attached hydrogens (tertiary/aromatic N) is 3. The molecule has 4 nitrogen and oxygen atoms in total. The van der Waals surface area contributed by atoms with E-state index < -0.39 is 0 Å². The summed E-state index contributed by atoms with van der Waals surface area (Å²) in [5.41, 5.74) is 1.93. The zero-order valence-corrected chi connectivity index (χ0v) is 12.0. The molecule has 0 atom stereocenters. The Bertz CT molecular complexity index is 659. The van der Waals surface area contributed by atoms with Gasteiger partial charge in [0.1, 0.15) is 18.4 Å². The molecule has 1 heterocycles. The van der Waals surface area contributed by atoms with E-state index in [4.69, 9.17) is 33.2 Å². The largest absolute Gasteiger partial charge is 0.486 e. The third kappa shape index (κ3) is 2.83. The van der Waals surface area contributed by atoms with Crippen LogP contribution in [-0.2, 0) is 13.7 Å². The summed E-state index contributed by atoms with van der Waals surface area (Å²) in [5, 5.41) is 14.3. The normalized spacial score (nSPS) is 10.3. The Morgan fingerprint density at radius 2 is 2.16 bits per heavy atom. The third-order valence-electron chi connectivity index (χ3n) is 2.69. The van der Waals surface area contributed by atoms with E-state index in [2.05, 4.69) is 11.2 Å². The summed E-state index contributed by atoms with van der Waals surface area (Å²) < 4.78 is 7.28. The molecule has 0 aliphatic carbocycles. The monoisotopic (exact) mass is 295 g/mol. The van der Waals surface area contributed by atoms with Gasteiger partial charge in [-0.15, -0.1) is 0 Å². The van der Waals surface area contributed by atoms with E-state index >= 15 is 0 Å². The van der Waals surface area contributed by atoms with Crippen molar-refractivity contribution in [1.29, 1.82) is 5.26 Å². The molecule has 0 aliphatic heterocycles. The van der Waals surface area contributed by atoms with Crippen molar-refractivity contribution < 1.29 is 4.74 Å². The Balaban J connectivity index is 2.24. The molecule has 0 saturated carbocycles. The standard InChI is InChI=1S/C13H11Cl2N3O/c1-8-13(15)11(18(2)17-8)7-19-12-5-10(14)4-3-9(12)6-16/h3-5H,7H2,1-2H3. The van der Waals surface area contributed by atoms with Crippen molar-refractivity contribution >= 4 is 23.2 Å². The van der Waals surface area contributed by atoms with Gasteiger partial charge in [0.15, 0.2) is 0 Å². The maximum Gasteiger partial charge on any atom is 0.139 e. The van der Waals surface area contributed by atoms with Crippen LogP contribution >= 0.6 is 23.2 Å². The topological polar surface area (TPSA) is 50.8 Å². The van der Waals surface area contributed by atoms with Crippen molar-refractivity contribution in [3.05, 3.63) is 45.2 Å². The van der Waals surface area contributed by atoms with E-state index in [1.54, 1.807) is 29.9 Å². The molecule has 2 aromatic rings. The van der Waals surface area contributed by atoms with Crippen LogP contribution < -0.4 is 4.74 Å². The van der Waals surface area contributed by atoms with Gasteiger partial charge in [0, 0.05) is 18.1 Å². The number of aromatic nitrogens is 2. The van der Waals surface area contributed by atoms with Gasteiger partial charge < -0.3 is 4.74 Å². The molecule has 0 amide bonds. The summed E-state index contributed by atoms with van der Waals surface area (Å²) in [7, 11) is 1.79. The maximum absolute atomic E-state index is 9.00. The van der Waals surface area contributed by atoms with Gasteiger partial charge in [-0.05, 0) is 19.1 Å². The molecule has 0 fully saturated rings. The Labute approximate surface area is 121 Å². The molecule has 1 aromatic heterocycles. The van der Waals surface area contributed by atoms with Gasteiger partial charge in [0.05, 0.1) is 22.0 Å². The molecule has 0 radical (unpaired) electrons. The summed E-state index contributed by atoms with van der Waals surface area (Å²) in [6.45, 7) is 2.05. The van der Waals surface area contributed by atoms with E-state index in [0.29, 0.717) is 21.4 Å². The highest BCUT2D eigenvalue weighted by molar-refractivity contribution is 6.31. The SMILES string of the molecule is Cc1nn(C)c(COc2cc(Cl)ccc2C#N)c1Cl. The lowest BCUT2D eigenvalue weighted by atomic mass is 10.2. The number of rotatable bonds is 3. The van der Waals surface area contributed by atoms with Crippen molar-refractivity contribution in [2.45, 2.75) is 13.5 Å². The van der Waals surface area contributed by atoms with Gasteiger partial charge in [-0.2, -0.15) is 10.4 Å². The zero-order chi connectivity index (χ0) is 14.0. The van der Waals surface area contributed by atoms with Crippen LogP contribution in [0.4, 0.5) is 0 Å². The first kappa shape index (κ1) is 13.7. The molecule has 0 unspecified atom stereocenters. The minimum Gasteiger partial charge on any atom is -0.486 e. The number of aryl methyl sites for hydroxylation is 2. The third-order valence-corrected chi connectivity index (χ3v) is 3.42. The van der Waals surface area contributed by atoms with Crippen LogP contribution in [0.3, 0.4) is 0 Å². The second-order valence-corrected chi connectivity index (χ2v) is 4.83. The first-order chi connectivity index (χ1) is 9.02. The fourth-order valence-electron chi connectivity index (χ4n) is 1.69. The maximum atomic E-state index is 9.00. The predicted octanol–water partition coefficient (Wildman–Crippen LogP) is 3.49. The van der Waals surface area contributed by atoms with E-state index in [1.807, 2.05) is 6.92 Å². The van der Waals surface area contributed by atoms with E-state index in [0.717, 1.165) is 11.4 Å². The van der Waals surface area contributed by atoms with E-state index in [-0.39, 0.29) is 6.61 Å². The van der Waals surface area contributed by atoms with Gasteiger partial charge >= 0.3 is 0 Å². The number of hydrogen-bond acceptors (Lipinski definition) is 3. The van der Waals surface area contributed by atoms with Crippen LogP contribution in [0.25, 0.3) is 0 Å². The first-order valence-corrected chi connectivity index (χ1v) is 6.29. The van der Waals surface area contributed by atoms with Crippen molar-refractivity contribution in [2.24, 2.45) is 7.05 Å². The number of benzene rings is 1. The number of nitriles is 1. The Hall–Kier alpha value is -1.70. The molecular formula is C13H11Cl2N3O. The van der Waals surface area contributed by atoms with Crippen LogP contribution in [-0.4, -0.2) is 9.78 Å². The summed E-state index contributed by atoms with van der Waals surface area (Å²) in [5.74, 6) is 0.435. The number of ether oxygens (including phenoxy) is 1. The Morgan fingerprint density at radius 1 is 1.42 bits per heavy atom. The average molecular weight is 296 g/mol. The molecule has 0 bridgehead atoms. The summed E-state index contributed by atoms with van der Waals surface area (Å²) in [6, 6.07) is 6.93. The van der Waals surface area contributed by atoms with E-state index in [1.165, 1.54) is 0 Å². The van der Waals surface area contributed by atoms with Gasteiger partial charge in [-0.1, -0.05) is 23.2 Å². The number of hydrogen-bond donors (Lipinski definition) is 0. The van der Waals surface area contributed by atoms with Crippen LogP contribution in [0.1, 0.15) is 17.0 Å². The molecule has 98 valence electrons. The van der Waals surface area contributed by atoms with Crippen LogP contribution in [0.5, 0.6) is 5.75 Å². The van der Waals surface area contributed by atoms with Crippen molar-refractivity contribution in [1.82, 2.24) is 9.78 Å². The predicted molar refractivity (Wildman–Crippen MR) is 73.5 cm³/mol.